The highest BCUT2D eigenvalue weighted by Gasteiger charge is 2.21. The molecule has 12 heteroatoms. The maximum Gasteiger partial charge on any atom is 0.240 e. The van der Waals surface area contributed by atoms with Gasteiger partial charge in [-0.15, -0.1) is 0 Å². The topological polar surface area (TPSA) is 115 Å². The highest BCUT2D eigenvalue weighted by Crippen LogP contribution is 2.23. The summed E-state index contributed by atoms with van der Waals surface area (Å²) in [6, 6.07) is 20.1. The molecule has 1 aromatic heterocycles. The Kier molecular flexibility index (Phi) is 22.8. The van der Waals surface area contributed by atoms with Crippen LogP contribution in [0.25, 0.3) is 18.2 Å². The monoisotopic (exact) mass is 856 g/mol. The van der Waals surface area contributed by atoms with Gasteiger partial charge in [0.1, 0.15) is 6.54 Å². The van der Waals surface area contributed by atoms with Gasteiger partial charge in [0.15, 0.2) is 11.9 Å². The van der Waals surface area contributed by atoms with Gasteiger partial charge in [0, 0.05) is 103 Å². The number of rotatable bonds is 26. The number of aryl methyl sites for hydroxylation is 2. The molecular formula is C48H71N8O2S2+. The van der Waals surface area contributed by atoms with Crippen molar-refractivity contribution < 1.29 is 14.2 Å². The van der Waals surface area contributed by atoms with Crippen molar-refractivity contribution in [3.05, 3.63) is 119 Å². The Hall–Kier alpha value is -4.49. The lowest BCUT2D eigenvalue weighted by Crippen LogP contribution is -2.44. The summed E-state index contributed by atoms with van der Waals surface area (Å²) in [4.78, 5) is 33.8. The average Bonchev–Trinajstić information content (AvgIpc) is 3.25. The van der Waals surface area contributed by atoms with Crippen molar-refractivity contribution in [3.8, 4) is 0 Å². The molecule has 3 aromatic rings. The van der Waals surface area contributed by atoms with E-state index in [1.807, 2.05) is 13.2 Å². The smallest absolute Gasteiger partial charge is 0.240 e. The Morgan fingerprint density at radius 3 is 1.67 bits per heavy atom. The molecule has 2 unspecified atom stereocenters. The molecule has 3 rings (SSSR count). The first-order valence-corrected chi connectivity index (χ1v) is 23.7. The Balaban J connectivity index is 1.30. The van der Waals surface area contributed by atoms with Crippen LogP contribution in [0.3, 0.4) is 0 Å². The van der Waals surface area contributed by atoms with Crippen molar-refractivity contribution in [2.45, 2.75) is 65.6 Å². The second-order valence-corrected chi connectivity index (χ2v) is 17.6. The van der Waals surface area contributed by atoms with E-state index in [0.29, 0.717) is 24.6 Å². The number of benzene rings is 2. The normalized spacial score (nSPS) is 12.9. The number of likely N-dealkylation sites (N-methyl/N-ethyl adjacent to an activating group) is 2. The summed E-state index contributed by atoms with van der Waals surface area (Å²) in [6.45, 7) is 13.2. The van der Waals surface area contributed by atoms with Crippen LogP contribution in [-0.2, 0) is 16.1 Å². The fraction of sp³-hybridized carbons (Fsp3) is 0.438. The molecule has 2 aromatic carbocycles. The predicted octanol–water partition coefficient (Wildman–Crippen LogP) is 7.25. The molecule has 326 valence electrons. The first-order valence-electron chi connectivity index (χ1n) is 21.2. The third-order valence-electron chi connectivity index (χ3n) is 10.2. The van der Waals surface area contributed by atoms with Gasteiger partial charge in [-0.2, -0.15) is 0 Å². The lowest BCUT2D eigenvalue weighted by atomic mass is 10.1. The molecular weight excluding hydrogens is 785 g/mol. The van der Waals surface area contributed by atoms with Gasteiger partial charge in [0.25, 0.3) is 0 Å². The minimum Gasteiger partial charge on any atom is -0.391 e. The second-order valence-electron chi connectivity index (χ2n) is 15.1. The molecule has 2 atom stereocenters. The van der Waals surface area contributed by atoms with Gasteiger partial charge in [-0.3, -0.25) is 9.59 Å². The molecule has 1 heterocycles. The summed E-state index contributed by atoms with van der Waals surface area (Å²) in [5.41, 5.74) is 20.7. The molecule has 0 aliphatic carbocycles. The Labute approximate surface area is 369 Å². The van der Waals surface area contributed by atoms with Gasteiger partial charge in [-0.25, -0.2) is 4.57 Å². The number of carbonyl (C=O) groups is 2. The van der Waals surface area contributed by atoms with E-state index in [2.05, 4.69) is 165 Å². The number of nitrogens with zero attached hydrogens (tertiary/aromatic N) is 5. The van der Waals surface area contributed by atoms with Crippen molar-refractivity contribution in [2.75, 3.05) is 82.2 Å². The molecule has 5 N–H and O–H groups in total. The van der Waals surface area contributed by atoms with E-state index in [1.165, 1.54) is 38.4 Å². The lowest BCUT2D eigenvalue weighted by Gasteiger charge is -2.24. The van der Waals surface area contributed by atoms with Crippen LogP contribution in [-0.4, -0.2) is 106 Å². The summed E-state index contributed by atoms with van der Waals surface area (Å²) < 4.78 is 2.23. The lowest BCUT2D eigenvalue weighted by molar-refractivity contribution is -0.699. The van der Waals surface area contributed by atoms with Crippen molar-refractivity contribution >= 4 is 63.0 Å². The Morgan fingerprint density at radius 2 is 1.20 bits per heavy atom. The molecule has 0 aliphatic rings. The minimum absolute atomic E-state index is 0.0833. The Bertz CT molecular complexity index is 1860. The number of pyridine rings is 1. The SMILES string of the molecule is CC/C=C(\C=C/NCC)/C=C/c1ccc(N(C)CCCN(C)C(=O)C(N)CSSCC(N)C(=O)N(C)CCCN(C)c2ccc(/C=C/c3cc[n+](CC)c(C)c3)cc2)cc1. The quantitative estimate of drug-likeness (QED) is 0.0333. The standard InChI is InChI=1S/C48H71N8O2S2/c1-9-14-39(27-29-51-10-2)15-16-40-19-23-43(24-20-40)52(5)30-12-32-54(7)47(57)45(49)36-59-60-37-46(50)48(58)55(8)33-13-31-53(6)44-25-21-41(22-26-44)17-18-42-28-34-56(11-3)38(4)35-42/h14-29,34-35,45-46,51H,9-13,30-33,36-37,49-50H2,1-8H3/q+1/b16-15+,29-27-,39-14-. The number of aromatic nitrogens is 1. The van der Waals surface area contributed by atoms with Gasteiger partial charge in [-0.1, -0.05) is 83.2 Å². The van der Waals surface area contributed by atoms with Crippen molar-refractivity contribution in [1.29, 1.82) is 0 Å². The van der Waals surface area contributed by atoms with E-state index in [9.17, 15) is 9.59 Å². The van der Waals surface area contributed by atoms with Gasteiger partial charge >= 0.3 is 0 Å². The Morgan fingerprint density at radius 1 is 0.700 bits per heavy atom. The number of anilines is 2. The van der Waals surface area contributed by atoms with E-state index in [0.717, 1.165) is 67.9 Å². The molecule has 0 saturated carbocycles. The van der Waals surface area contributed by atoms with E-state index in [4.69, 9.17) is 11.5 Å². The fourth-order valence-electron chi connectivity index (χ4n) is 6.41. The zero-order valence-corrected chi connectivity index (χ0v) is 39.0. The number of nitrogens with one attached hydrogen (secondary N) is 1. The number of nitrogens with two attached hydrogens (primary N) is 2. The molecule has 2 amide bonds. The van der Waals surface area contributed by atoms with Gasteiger partial charge in [-0.05, 0) is 91.9 Å². The predicted molar refractivity (Wildman–Crippen MR) is 261 cm³/mol. The summed E-state index contributed by atoms with van der Waals surface area (Å²) in [5.74, 6) is 0.727. The average molecular weight is 856 g/mol. The number of carbonyl (C=O) groups excluding carboxylic acids is 2. The van der Waals surface area contributed by atoms with Crippen LogP contribution in [0, 0.1) is 6.92 Å². The maximum atomic E-state index is 13.0. The number of hydrogen-bond acceptors (Lipinski definition) is 9. The number of amides is 2. The molecule has 0 fully saturated rings. The second kappa shape index (κ2) is 27.4. The van der Waals surface area contributed by atoms with Crippen molar-refractivity contribution in [1.82, 2.24) is 15.1 Å². The van der Waals surface area contributed by atoms with Crippen LogP contribution in [0.2, 0.25) is 0 Å². The number of allylic oxidation sites excluding steroid dienone is 4. The maximum absolute atomic E-state index is 13.0. The highest BCUT2D eigenvalue weighted by molar-refractivity contribution is 8.76. The molecule has 60 heavy (non-hydrogen) atoms. The highest BCUT2D eigenvalue weighted by atomic mass is 33.1. The van der Waals surface area contributed by atoms with Gasteiger partial charge in [0.2, 0.25) is 11.8 Å². The summed E-state index contributed by atoms with van der Waals surface area (Å²) in [5, 5.41) is 3.22. The fourth-order valence-corrected chi connectivity index (χ4v) is 8.64. The first-order chi connectivity index (χ1) is 28.9. The minimum atomic E-state index is -0.622. The molecule has 10 nitrogen and oxygen atoms in total. The van der Waals surface area contributed by atoms with Crippen LogP contribution < -0.4 is 31.2 Å². The molecule has 0 bridgehead atoms. The van der Waals surface area contributed by atoms with Crippen molar-refractivity contribution in [3.63, 3.8) is 0 Å². The van der Waals surface area contributed by atoms with Crippen LogP contribution >= 0.6 is 21.6 Å². The number of hydrogen-bond donors (Lipinski definition) is 3. The van der Waals surface area contributed by atoms with Crippen molar-refractivity contribution in [2.24, 2.45) is 11.5 Å². The van der Waals surface area contributed by atoms with E-state index in [-0.39, 0.29) is 11.8 Å². The third-order valence-corrected chi connectivity index (χ3v) is 12.7. The van der Waals surface area contributed by atoms with E-state index in [1.54, 1.807) is 16.8 Å². The molecule has 0 saturated heterocycles. The van der Waals surface area contributed by atoms with Crippen LogP contribution in [0.5, 0.6) is 0 Å². The largest absolute Gasteiger partial charge is 0.391 e. The summed E-state index contributed by atoms with van der Waals surface area (Å²) >= 11 is 0. The van der Waals surface area contributed by atoms with E-state index < -0.39 is 12.1 Å². The van der Waals surface area contributed by atoms with Gasteiger partial charge in [0.05, 0.1) is 12.1 Å². The zero-order valence-electron chi connectivity index (χ0n) is 37.3. The molecule has 0 radical (unpaired) electrons. The first kappa shape index (κ1) is 49.9. The third kappa shape index (κ3) is 17.6. The molecule has 0 spiro atoms. The van der Waals surface area contributed by atoms with Crippen LogP contribution in [0.1, 0.15) is 62.4 Å². The summed E-state index contributed by atoms with van der Waals surface area (Å²) in [7, 11) is 10.7. The van der Waals surface area contributed by atoms with Crippen LogP contribution in [0.15, 0.2) is 96.9 Å². The van der Waals surface area contributed by atoms with Crippen LogP contribution in [0.4, 0.5) is 11.4 Å². The van der Waals surface area contributed by atoms with Gasteiger partial charge < -0.3 is 36.4 Å². The van der Waals surface area contributed by atoms with E-state index >= 15 is 0 Å². The zero-order chi connectivity index (χ0) is 43.9. The molecule has 0 aliphatic heterocycles. The summed E-state index contributed by atoms with van der Waals surface area (Å²) in [6.07, 6.45) is 19.6.